The number of aliphatic carboxylic acids is 1. The number of likely N-dealkylation sites (N-methyl/N-ethyl adjacent to an activating group) is 1. The molecule has 1 aliphatic heterocycles. The van der Waals surface area contributed by atoms with Crippen molar-refractivity contribution in [2.24, 2.45) is 0 Å². The number of nitrogen functional groups attached to an aromatic ring is 1. The average molecular weight is 361 g/mol. The van der Waals surface area contributed by atoms with Crippen molar-refractivity contribution in [3.05, 3.63) is 23.9 Å². The van der Waals surface area contributed by atoms with Gasteiger partial charge in [0.1, 0.15) is 11.9 Å². The van der Waals surface area contributed by atoms with Crippen LogP contribution in [-0.2, 0) is 4.79 Å². The van der Waals surface area contributed by atoms with E-state index >= 15 is 0 Å². The van der Waals surface area contributed by atoms with Crippen LogP contribution >= 0.6 is 0 Å². The molecule has 2 aliphatic rings. The largest absolute Gasteiger partial charge is 0.480 e. The number of nitrogens with zero attached hydrogens (tertiary/aromatic N) is 3. The fourth-order valence-corrected chi connectivity index (χ4v) is 4.87. The van der Waals surface area contributed by atoms with Gasteiger partial charge in [-0.3, -0.25) is 14.6 Å². The summed E-state index contributed by atoms with van der Waals surface area (Å²) in [6.45, 7) is 3.08. The molecular weight excluding hydrogens is 328 g/mol. The Kier molecular flexibility index (Phi) is 6.14. The van der Waals surface area contributed by atoms with Crippen LogP contribution in [-0.4, -0.2) is 58.1 Å². The summed E-state index contributed by atoms with van der Waals surface area (Å²) < 4.78 is 0. The summed E-state index contributed by atoms with van der Waals surface area (Å²) in [6.07, 6.45) is 11.6. The molecule has 144 valence electrons. The van der Waals surface area contributed by atoms with Crippen molar-refractivity contribution in [3.8, 4) is 0 Å². The van der Waals surface area contributed by atoms with Crippen molar-refractivity contribution >= 4 is 11.8 Å². The summed E-state index contributed by atoms with van der Waals surface area (Å²) in [5, 5.41) is 9.88. The number of nitrogens with two attached hydrogens (primary N) is 1. The predicted octanol–water partition coefficient (Wildman–Crippen LogP) is 2.91. The number of likely N-dealkylation sites (tertiary alicyclic amines) is 1. The SMILES string of the molecule is CN(CC1(N2CCCCC2)CCCCC1)[C@@H](C(=O)O)c1ccc(N)nc1. The molecule has 1 saturated carbocycles. The number of hydrogen-bond acceptors (Lipinski definition) is 5. The Bertz CT molecular complexity index is 592. The highest BCUT2D eigenvalue weighted by molar-refractivity contribution is 5.75. The van der Waals surface area contributed by atoms with E-state index in [4.69, 9.17) is 5.73 Å². The van der Waals surface area contributed by atoms with Gasteiger partial charge in [-0.25, -0.2) is 4.98 Å². The van der Waals surface area contributed by atoms with Gasteiger partial charge in [0.25, 0.3) is 0 Å². The quantitative estimate of drug-likeness (QED) is 0.812. The highest BCUT2D eigenvalue weighted by Gasteiger charge is 2.41. The van der Waals surface area contributed by atoms with E-state index in [2.05, 4.69) is 9.88 Å². The highest BCUT2D eigenvalue weighted by Crippen LogP contribution is 2.37. The Morgan fingerprint density at radius 1 is 1.23 bits per heavy atom. The first-order valence-corrected chi connectivity index (χ1v) is 9.91. The second-order valence-corrected chi connectivity index (χ2v) is 8.00. The minimum absolute atomic E-state index is 0.113. The number of carboxylic acids is 1. The maximum absolute atomic E-state index is 12.0. The Balaban J connectivity index is 1.81. The standard InChI is InChI=1S/C20H32N4O2/c1-23(18(19(25)26)16-8-9-17(21)22-14-16)15-20(10-4-2-5-11-20)24-12-6-3-7-13-24/h8-9,14,18H,2-7,10-13,15H2,1H3,(H2,21,22)(H,25,26)/t18-/m1/s1. The molecule has 0 bridgehead atoms. The lowest BCUT2D eigenvalue weighted by molar-refractivity contribution is -0.144. The van der Waals surface area contributed by atoms with Crippen molar-refractivity contribution in [2.75, 3.05) is 32.4 Å². The van der Waals surface area contributed by atoms with E-state index in [0.29, 0.717) is 11.4 Å². The number of carbonyl (C=O) groups is 1. The van der Waals surface area contributed by atoms with Gasteiger partial charge in [0.15, 0.2) is 0 Å². The third kappa shape index (κ3) is 4.18. The van der Waals surface area contributed by atoms with Crippen LogP contribution in [0.15, 0.2) is 18.3 Å². The number of rotatable bonds is 6. The molecule has 3 rings (SSSR count). The van der Waals surface area contributed by atoms with Crippen molar-refractivity contribution in [2.45, 2.75) is 62.9 Å². The van der Waals surface area contributed by atoms with E-state index in [1.807, 2.05) is 11.9 Å². The molecule has 1 aromatic rings. The molecule has 6 heteroatoms. The topological polar surface area (TPSA) is 82.7 Å². The highest BCUT2D eigenvalue weighted by atomic mass is 16.4. The van der Waals surface area contributed by atoms with E-state index < -0.39 is 12.0 Å². The first-order chi connectivity index (χ1) is 12.5. The van der Waals surface area contributed by atoms with E-state index in [1.165, 1.54) is 51.4 Å². The monoisotopic (exact) mass is 360 g/mol. The first-order valence-electron chi connectivity index (χ1n) is 9.91. The van der Waals surface area contributed by atoms with Crippen LogP contribution in [0.2, 0.25) is 0 Å². The molecule has 1 aliphatic carbocycles. The maximum Gasteiger partial charge on any atom is 0.325 e. The second kappa shape index (κ2) is 8.35. The van der Waals surface area contributed by atoms with Crippen LogP contribution in [0.1, 0.15) is 63.0 Å². The van der Waals surface area contributed by atoms with Gasteiger partial charge < -0.3 is 10.8 Å². The van der Waals surface area contributed by atoms with Crippen LogP contribution in [0.25, 0.3) is 0 Å². The van der Waals surface area contributed by atoms with E-state index in [9.17, 15) is 9.90 Å². The third-order valence-corrected chi connectivity index (χ3v) is 6.15. The molecule has 26 heavy (non-hydrogen) atoms. The van der Waals surface area contributed by atoms with Crippen molar-refractivity contribution in [1.82, 2.24) is 14.8 Å². The number of carboxylic acid groups (broad SMARTS) is 1. The van der Waals surface area contributed by atoms with Crippen LogP contribution in [0, 0.1) is 0 Å². The van der Waals surface area contributed by atoms with Crippen LogP contribution in [0.3, 0.4) is 0 Å². The van der Waals surface area contributed by atoms with Gasteiger partial charge in [-0.15, -0.1) is 0 Å². The average Bonchev–Trinajstić information content (AvgIpc) is 2.65. The van der Waals surface area contributed by atoms with Crippen molar-refractivity contribution in [1.29, 1.82) is 0 Å². The summed E-state index contributed by atoms with van der Waals surface area (Å²) in [5.41, 5.74) is 6.47. The van der Waals surface area contributed by atoms with Gasteiger partial charge in [0.2, 0.25) is 0 Å². The molecular formula is C20H32N4O2. The van der Waals surface area contributed by atoms with Crippen LogP contribution in [0.5, 0.6) is 0 Å². The fraction of sp³-hybridized carbons (Fsp3) is 0.700. The number of aromatic nitrogens is 1. The summed E-state index contributed by atoms with van der Waals surface area (Å²) in [7, 11) is 1.94. The molecule has 1 atom stereocenters. The third-order valence-electron chi connectivity index (χ3n) is 6.15. The molecule has 0 aromatic carbocycles. The van der Waals surface area contributed by atoms with Crippen molar-refractivity contribution < 1.29 is 9.90 Å². The molecule has 1 saturated heterocycles. The number of pyridine rings is 1. The smallest absolute Gasteiger partial charge is 0.325 e. The number of piperidine rings is 1. The second-order valence-electron chi connectivity index (χ2n) is 8.00. The Morgan fingerprint density at radius 2 is 1.88 bits per heavy atom. The van der Waals surface area contributed by atoms with E-state index in [1.54, 1.807) is 18.3 Å². The molecule has 2 heterocycles. The van der Waals surface area contributed by atoms with Gasteiger partial charge in [0, 0.05) is 18.3 Å². The molecule has 0 spiro atoms. The fourth-order valence-electron chi connectivity index (χ4n) is 4.87. The molecule has 0 amide bonds. The lowest BCUT2D eigenvalue weighted by Crippen LogP contribution is -2.58. The Hall–Kier alpha value is -1.66. The molecule has 6 nitrogen and oxygen atoms in total. The van der Waals surface area contributed by atoms with Gasteiger partial charge in [-0.1, -0.05) is 31.7 Å². The molecule has 3 N–H and O–H groups in total. The van der Waals surface area contributed by atoms with Gasteiger partial charge in [0.05, 0.1) is 0 Å². The molecule has 0 unspecified atom stereocenters. The minimum Gasteiger partial charge on any atom is -0.480 e. The zero-order valence-corrected chi connectivity index (χ0v) is 15.9. The zero-order valence-electron chi connectivity index (χ0n) is 15.9. The summed E-state index contributed by atoms with van der Waals surface area (Å²) in [6, 6.07) is 2.78. The van der Waals surface area contributed by atoms with Gasteiger partial charge >= 0.3 is 5.97 Å². The lowest BCUT2D eigenvalue weighted by atomic mass is 9.78. The van der Waals surface area contributed by atoms with Crippen LogP contribution < -0.4 is 5.73 Å². The molecule has 1 aromatic heterocycles. The van der Waals surface area contributed by atoms with Crippen molar-refractivity contribution in [3.63, 3.8) is 0 Å². The van der Waals surface area contributed by atoms with Gasteiger partial charge in [-0.05, 0) is 57.5 Å². The van der Waals surface area contributed by atoms with Gasteiger partial charge in [-0.2, -0.15) is 0 Å². The summed E-state index contributed by atoms with van der Waals surface area (Å²) in [4.78, 5) is 20.8. The van der Waals surface area contributed by atoms with Crippen LogP contribution in [0.4, 0.5) is 5.82 Å². The predicted molar refractivity (Wildman–Crippen MR) is 103 cm³/mol. The minimum atomic E-state index is -0.830. The maximum atomic E-state index is 12.0. The molecule has 2 fully saturated rings. The number of anilines is 1. The lowest BCUT2D eigenvalue weighted by Gasteiger charge is -2.50. The molecule has 0 radical (unpaired) electrons. The first kappa shape index (κ1) is 19.1. The van der Waals surface area contributed by atoms with E-state index in [-0.39, 0.29) is 5.54 Å². The normalized spacial score (nSPS) is 22.2. The summed E-state index contributed by atoms with van der Waals surface area (Å²) >= 11 is 0. The number of hydrogen-bond donors (Lipinski definition) is 2. The Labute approximate surface area is 156 Å². The Morgan fingerprint density at radius 3 is 2.46 bits per heavy atom. The zero-order chi connectivity index (χ0) is 18.6. The van der Waals surface area contributed by atoms with E-state index in [0.717, 1.165) is 19.6 Å². The summed E-state index contributed by atoms with van der Waals surface area (Å²) in [5.74, 6) is -0.415.